The highest BCUT2D eigenvalue weighted by Crippen LogP contribution is 2.50. The van der Waals surface area contributed by atoms with E-state index in [1.165, 1.54) is 25.0 Å². The van der Waals surface area contributed by atoms with Crippen LogP contribution in [-0.2, 0) is 5.60 Å². The third kappa shape index (κ3) is 2.45. The van der Waals surface area contributed by atoms with E-state index in [1.807, 2.05) is 0 Å². The summed E-state index contributed by atoms with van der Waals surface area (Å²) in [5, 5.41) is 10.8. The molecular weight excluding hydrogens is 314 g/mol. The molecule has 1 nitrogen and oxygen atoms in total. The highest BCUT2D eigenvalue weighted by molar-refractivity contribution is 9.10. The molecule has 2 saturated carbocycles. The average molecular weight is 331 g/mol. The fraction of sp³-hybridized carbons (Fsp3) is 0.600. The predicted molar refractivity (Wildman–Crippen MR) is 72.6 cm³/mol. The van der Waals surface area contributed by atoms with Crippen molar-refractivity contribution in [3.8, 4) is 0 Å². The normalized spacial score (nSPS) is 31.5. The zero-order chi connectivity index (χ0) is 13.6. The molecule has 1 N–H and O–H groups in total. The van der Waals surface area contributed by atoms with Crippen LogP contribution in [0.2, 0.25) is 0 Å². The van der Waals surface area contributed by atoms with Crippen LogP contribution in [0.15, 0.2) is 16.6 Å². The smallest absolute Gasteiger partial charge is 0.146 e. The molecule has 0 spiro atoms. The Hall–Kier alpha value is -0.480. The van der Waals surface area contributed by atoms with E-state index in [-0.39, 0.29) is 10.0 Å². The SMILES string of the molecule is OC1(c2c(F)ccc(Br)c2F)CCCC(C2CC2)C1. The third-order valence-corrected chi connectivity index (χ3v) is 5.18. The fourth-order valence-electron chi connectivity index (χ4n) is 3.45. The Morgan fingerprint density at radius 2 is 1.89 bits per heavy atom. The molecule has 19 heavy (non-hydrogen) atoms. The van der Waals surface area contributed by atoms with Gasteiger partial charge in [0.2, 0.25) is 0 Å². The summed E-state index contributed by atoms with van der Waals surface area (Å²) in [6.45, 7) is 0. The lowest BCUT2D eigenvalue weighted by atomic mass is 9.72. The van der Waals surface area contributed by atoms with Gasteiger partial charge in [-0.3, -0.25) is 0 Å². The van der Waals surface area contributed by atoms with E-state index in [1.54, 1.807) is 0 Å². The maximum Gasteiger partial charge on any atom is 0.146 e. The molecule has 0 amide bonds. The largest absolute Gasteiger partial charge is 0.385 e. The lowest BCUT2D eigenvalue weighted by Crippen LogP contribution is -2.35. The number of rotatable bonds is 2. The van der Waals surface area contributed by atoms with Gasteiger partial charge in [-0.1, -0.05) is 0 Å². The molecule has 0 heterocycles. The lowest BCUT2D eigenvalue weighted by Gasteiger charge is -2.37. The molecule has 104 valence electrons. The predicted octanol–water partition coefficient (Wildman–Crippen LogP) is 4.52. The van der Waals surface area contributed by atoms with Crippen LogP contribution < -0.4 is 0 Å². The number of hydrogen-bond donors (Lipinski definition) is 1. The molecule has 0 bridgehead atoms. The molecule has 0 saturated heterocycles. The van der Waals surface area contributed by atoms with E-state index in [9.17, 15) is 13.9 Å². The van der Waals surface area contributed by atoms with Gasteiger partial charge >= 0.3 is 0 Å². The Morgan fingerprint density at radius 3 is 2.58 bits per heavy atom. The van der Waals surface area contributed by atoms with Crippen LogP contribution in [0.25, 0.3) is 0 Å². The Morgan fingerprint density at radius 1 is 1.16 bits per heavy atom. The molecule has 2 unspecified atom stereocenters. The van der Waals surface area contributed by atoms with E-state index in [4.69, 9.17) is 0 Å². The molecule has 1 aromatic carbocycles. The molecule has 3 rings (SSSR count). The van der Waals surface area contributed by atoms with Crippen molar-refractivity contribution >= 4 is 15.9 Å². The van der Waals surface area contributed by atoms with E-state index in [0.29, 0.717) is 24.7 Å². The molecule has 0 aromatic heterocycles. The van der Waals surface area contributed by atoms with Gasteiger partial charge in [-0.2, -0.15) is 0 Å². The second kappa shape index (κ2) is 4.81. The van der Waals surface area contributed by atoms with Crippen LogP contribution >= 0.6 is 15.9 Å². The minimum absolute atomic E-state index is 0.146. The molecule has 0 aliphatic heterocycles. The first-order valence-electron chi connectivity index (χ1n) is 6.87. The van der Waals surface area contributed by atoms with Crippen molar-refractivity contribution in [1.82, 2.24) is 0 Å². The van der Waals surface area contributed by atoms with Gasteiger partial charge in [-0.25, -0.2) is 8.78 Å². The summed E-state index contributed by atoms with van der Waals surface area (Å²) in [6.07, 6.45) is 5.24. The van der Waals surface area contributed by atoms with Gasteiger partial charge in [-0.15, -0.1) is 0 Å². The van der Waals surface area contributed by atoms with Gasteiger partial charge in [0, 0.05) is 0 Å². The highest BCUT2D eigenvalue weighted by Gasteiger charge is 2.44. The fourth-order valence-corrected chi connectivity index (χ4v) is 3.78. The van der Waals surface area contributed by atoms with Crippen molar-refractivity contribution in [2.45, 2.75) is 44.1 Å². The first-order chi connectivity index (χ1) is 9.01. The Labute approximate surface area is 120 Å². The maximum absolute atomic E-state index is 14.2. The van der Waals surface area contributed by atoms with Crippen molar-refractivity contribution in [1.29, 1.82) is 0 Å². The molecule has 2 aliphatic rings. The number of benzene rings is 1. The zero-order valence-corrected chi connectivity index (χ0v) is 12.2. The van der Waals surface area contributed by atoms with E-state index < -0.39 is 17.2 Å². The van der Waals surface area contributed by atoms with Crippen LogP contribution in [0.1, 0.15) is 44.1 Å². The number of aliphatic hydroxyl groups is 1. The highest BCUT2D eigenvalue weighted by atomic mass is 79.9. The van der Waals surface area contributed by atoms with Gasteiger partial charge in [0.05, 0.1) is 15.6 Å². The lowest BCUT2D eigenvalue weighted by molar-refractivity contribution is -0.0308. The standard InChI is InChI=1S/C15H17BrF2O/c16-11-5-6-12(17)13(14(11)18)15(19)7-1-2-10(8-15)9-3-4-9/h5-6,9-10,19H,1-4,7-8H2. The van der Waals surface area contributed by atoms with Crippen LogP contribution in [0.4, 0.5) is 8.78 Å². The third-order valence-electron chi connectivity index (χ3n) is 4.56. The molecular formula is C15H17BrF2O. The average Bonchev–Trinajstić information content (AvgIpc) is 3.18. The van der Waals surface area contributed by atoms with Crippen molar-refractivity contribution in [3.05, 3.63) is 33.8 Å². The summed E-state index contributed by atoms with van der Waals surface area (Å²) in [5.74, 6) is -0.222. The van der Waals surface area contributed by atoms with Gasteiger partial charge in [0.1, 0.15) is 11.6 Å². The monoisotopic (exact) mass is 330 g/mol. The Bertz CT molecular complexity index is 501. The minimum Gasteiger partial charge on any atom is -0.385 e. The van der Waals surface area contributed by atoms with Crippen LogP contribution in [-0.4, -0.2) is 5.11 Å². The molecule has 4 heteroatoms. The van der Waals surface area contributed by atoms with Gasteiger partial charge < -0.3 is 5.11 Å². The first-order valence-corrected chi connectivity index (χ1v) is 7.67. The number of halogens is 3. The second-order valence-electron chi connectivity index (χ2n) is 5.94. The Kier molecular flexibility index (Phi) is 3.42. The van der Waals surface area contributed by atoms with Crippen molar-refractivity contribution in [2.75, 3.05) is 0 Å². The van der Waals surface area contributed by atoms with Crippen molar-refractivity contribution < 1.29 is 13.9 Å². The van der Waals surface area contributed by atoms with E-state index in [2.05, 4.69) is 15.9 Å². The first kappa shape index (κ1) is 13.5. The molecule has 2 atom stereocenters. The Balaban J connectivity index is 1.97. The quantitative estimate of drug-likeness (QED) is 0.791. The summed E-state index contributed by atoms with van der Waals surface area (Å²) in [4.78, 5) is 0. The van der Waals surface area contributed by atoms with Gasteiger partial charge in [0.15, 0.2) is 0 Å². The molecule has 0 radical (unpaired) electrons. The van der Waals surface area contributed by atoms with E-state index in [0.717, 1.165) is 12.8 Å². The minimum atomic E-state index is -1.34. The van der Waals surface area contributed by atoms with Crippen LogP contribution in [0, 0.1) is 23.5 Å². The summed E-state index contributed by atoms with van der Waals surface area (Å²) < 4.78 is 28.4. The molecule has 1 aromatic rings. The summed E-state index contributed by atoms with van der Waals surface area (Å²) in [5.41, 5.74) is -1.49. The number of hydrogen-bond acceptors (Lipinski definition) is 1. The van der Waals surface area contributed by atoms with Crippen molar-refractivity contribution in [3.63, 3.8) is 0 Å². The van der Waals surface area contributed by atoms with Crippen LogP contribution in [0.5, 0.6) is 0 Å². The summed E-state index contributed by atoms with van der Waals surface area (Å²) >= 11 is 3.07. The topological polar surface area (TPSA) is 20.2 Å². The van der Waals surface area contributed by atoms with Gasteiger partial charge in [0.25, 0.3) is 0 Å². The second-order valence-corrected chi connectivity index (χ2v) is 6.80. The molecule has 2 aliphatic carbocycles. The van der Waals surface area contributed by atoms with Gasteiger partial charge in [-0.05, 0) is 78.4 Å². The summed E-state index contributed by atoms with van der Waals surface area (Å²) in [6, 6.07) is 2.57. The van der Waals surface area contributed by atoms with Crippen LogP contribution in [0.3, 0.4) is 0 Å². The zero-order valence-electron chi connectivity index (χ0n) is 10.6. The summed E-state index contributed by atoms with van der Waals surface area (Å²) in [7, 11) is 0. The molecule has 2 fully saturated rings. The van der Waals surface area contributed by atoms with E-state index >= 15 is 0 Å². The maximum atomic E-state index is 14.2. The van der Waals surface area contributed by atoms with Crippen molar-refractivity contribution in [2.24, 2.45) is 11.8 Å².